The van der Waals surface area contributed by atoms with E-state index in [2.05, 4.69) is 43.1 Å². The van der Waals surface area contributed by atoms with Gasteiger partial charge in [-0.25, -0.2) is 0 Å². The number of methoxy groups -OCH3 is 1. The molecule has 0 bridgehead atoms. The summed E-state index contributed by atoms with van der Waals surface area (Å²) in [5.41, 5.74) is 3.63. The molecule has 0 saturated heterocycles. The maximum Gasteiger partial charge on any atom is 0.125 e. The first-order valence-corrected chi connectivity index (χ1v) is 7.01. The quantitative estimate of drug-likeness (QED) is 0.584. The van der Waals surface area contributed by atoms with Crippen LogP contribution in [0.1, 0.15) is 30.0 Å². The van der Waals surface area contributed by atoms with Crippen molar-refractivity contribution in [3.63, 3.8) is 0 Å². The fourth-order valence-corrected chi connectivity index (χ4v) is 2.11. The van der Waals surface area contributed by atoms with Gasteiger partial charge in [0.25, 0.3) is 0 Å². The number of hydrogen-bond donors (Lipinski definition) is 1. The summed E-state index contributed by atoms with van der Waals surface area (Å²) in [5.74, 6) is 6.88. The molecule has 110 valence electrons. The van der Waals surface area contributed by atoms with E-state index in [1.165, 1.54) is 16.7 Å². The highest BCUT2D eigenvalue weighted by Crippen LogP contribution is 2.24. The van der Waals surface area contributed by atoms with Gasteiger partial charge in [0.05, 0.1) is 13.2 Å². The molecule has 20 heavy (non-hydrogen) atoms. The van der Waals surface area contributed by atoms with Crippen LogP contribution >= 0.6 is 0 Å². The Morgan fingerprint density at radius 3 is 2.45 bits per heavy atom. The smallest absolute Gasteiger partial charge is 0.125 e. The van der Waals surface area contributed by atoms with Crippen molar-refractivity contribution in [3.05, 3.63) is 28.8 Å². The fraction of sp³-hybridized carbons (Fsp3) is 0.529. The normalized spacial score (nSPS) is 10.0. The molecule has 0 amide bonds. The lowest BCUT2D eigenvalue weighted by Gasteiger charge is -2.14. The van der Waals surface area contributed by atoms with Crippen molar-refractivity contribution in [2.45, 2.75) is 33.7 Å². The van der Waals surface area contributed by atoms with E-state index in [0.29, 0.717) is 6.61 Å². The predicted octanol–water partition coefficient (Wildman–Crippen LogP) is 2.83. The van der Waals surface area contributed by atoms with Crippen molar-refractivity contribution in [1.29, 1.82) is 0 Å². The van der Waals surface area contributed by atoms with Crippen molar-refractivity contribution in [2.24, 2.45) is 0 Å². The zero-order valence-electron chi connectivity index (χ0n) is 13.0. The Balaban J connectivity index is 2.58. The Hall–Kier alpha value is -1.50. The van der Waals surface area contributed by atoms with Gasteiger partial charge in [-0.1, -0.05) is 12.1 Å². The Bertz CT molecular complexity index is 449. The topological polar surface area (TPSA) is 30.5 Å². The Kier molecular flexibility index (Phi) is 7.79. The van der Waals surface area contributed by atoms with E-state index < -0.39 is 0 Å². The molecule has 0 fully saturated rings. The van der Waals surface area contributed by atoms with Crippen molar-refractivity contribution >= 4 is 0 Å². The molecule has 1 aromatic carbocycles. The largest absolute Gasteiger partial charge is 0.492 e. The van der Waals surface area contributed by atoms with Crippen LogP contribution in [0.3, 0.4) is 0 Å². The van der Waals surface area contributed by atoms with Crippen LogP contribution < -0.4 is 10.1 Å². The average molecular weight is 275 g/mol. The standard InChI is InChI=1S/C17H25NO2/c1-5-6-7-9-20-17-14(2)11-16(12-15(17)3)13-18-8-10-19-4/h11-12,18H,7-10,13H2,1-4H3. The number of ether oxygens (including phenoxy) is 2. The Morgan fingerprint density at radius 2 is 1.85 bits per heavy atom. The molecule has 0 atom stereocenters. The van der Waals surface area contributed by atoms with Gasteiger partial charge in [-0.3, -0.25) is 0 Å². The van der Waals surface area contributed by atoms with Gasteiger partial charge in [-0.15, -0.1) is 11.8 Å². The van der Waals surface area contributed by atoms with Gasteiger partial charge in [-0.05, 0) is 37.5 Å². The molecule has 0 heterocycles. The summed E-state index contributed by atoms with van der Waals surface area (Å²) in [5, 5.41) is 3.35. The molecule has 1 rings (SSSR count). The van der Waals surface area contributed by atoms with E-state index >= 15 is 0 Å². The van der Waals surface area contributed by atoms with Gasteiger partial charge >= 0.3 is 0 Å². The molecule has 0 radical (unpaired) electrons. The fourth-order valence-electron chi connectivity index (χ4n) is 2.11. The van der Waals surface area contributed by atoms with E-state index in [1.54, 1.807) is 7.11 Å². The van der Waals surface area contributed by atoms with Crippen molar-refractivity contribution < 1.29 is 9.47 Å². The number of rotatable bonds is 8. The van der Waals surface area contributed by atoms with E-state index in [9.17, 15) is 0 Å². The minimum atomic E-state index is 0.647. The zero-order chi connectivity index (χ0) is 14.8. The summed E-state index contributed by atoms with van der Waals surface area (Å²) in [4.78, 5) is 0. The summed E-state index contributed by atoms with van der Waals surface area (Å²) in [7, 11) is 1.71. The van der Waals surface area contributed by atoms with E-state index in [0.717, 1.165) is 31.9 Å². The van der Waals surface area contributed by atoms with Gasteiger partial charge in [-0.2, -0.15) is 0 Å². The molecule has 1 aromatic rings. The number of benzene rings is 1. The highest BCUT2D eigenvalue weighted by molar-refractivity contribution is 5.43. The van der Waals surface area contributed by atoms with Crippen LogP contribution in [0, 0.1) is 25.7 Å². The predicted molar refractivity (Wildman–Crippen MR) is 83.1 cm³/mol. The minimum Gasteiger partial charge on any atom is -0.492 e. The van der Waals surface area contributed by atoms with Gasteiger partial charge in [0.1, 0.15) is 5.75 Å². The lowest BCUT2D eigenvalue weighted by molar-refractivity contribution is 0.199. The van der Waals surface area contributed by atoms with E-state index in [4.69, 9.17) is 9.47 Å². The summed E-state index contributed by atoms with van der Waals surface area (Å²) in [6.07, 6.45) is 0.774. The monoisotopic (exact) mass is 275 g/mol. The van der Waals surface area contributed by atoms with Crippen LogP contribution in [0.4, 0.5) is 0 Å². The van der Waals surface area contributed by atoms with Crippen LogP contribution in [0.5, 0.6) is 5.75 Å². The van der Waals surface area contributed by atoms with Crippen molar-refractivity contribution in [3.8, 4) is 17.6 Å². The maximum atomic E-state index is 5.82. The summed E-state index contributed by atoms with van der Waals surface area (Å²) in [6, 6.07) is 4.35. The molecular weight excluding hydrogens is 250 g/mol. The molecule has 3 heteroatoms. The first-order valence-electron chi connectivity index (χ1n) is 7.01. The first kappa shape index (κ1) is 16.6. The third-order valence-corrected chi connectivity index (χ3v) is 2.98. The molecule has 0 spiro atoms. The second kappa shape index (κ2) is 9.41. The molecule has 0 aromatic heterocycles. The van der Waals surface area contributed by atoms with Crippen molar-refractivity contribution in [2.75, 3.05) is 26.9 Å². The second-order valence-corrected chi connectivity index (χ2v) is 4.75. The molecule has 0 aliphatic carbocycles. The molecule has 1 N–H and O–H groups in total. The molecule has 3 nitrogen and oxygen atoms in total. The van der Waals surface area contributed by atoms with Gasteiger partial charge in [0, 0.05) is 26.6 Å². The zero-order valence-corrected chi connectivity index (χ0v) is 13.0. The van der Waals surface area contributed by atoms with Gasteiger partial charge in [0.2, 0.25) is 0 Å². The van der Waals surface area contributed by atoms with Crippen LogP contribution in [0.25, 0.3) is 0 Å². The molecule has 0 unspecified atom stereocenters. The van der Waals surface area contributed by atoms with Crippen molar-refractivity contribution in [1.82, 2.24) is 5.32 Å². The molecular formula is C17H25NO2. The maximum absolute atomic E-state index is 5.82. The lowest BCUT2D eigenvalue weighted by atomic mass is 10.1. The summed E-state index contributed by atoms with van der Waals surface area (Å²) in [6.45, 7) is 9.13. The minimum absolute atomic E-state index is 0.647. The van der Waals surface area contributed by atoms with Gasteiger partial charge in [0.15, 0.2) is 0 Å². The third-order valence-electron chi connectivity index (χ3n) is 2.98. The Morgan fingerprint density at radius 1 is 1.15 bits per heavy atom. The van der Waals surface area contributed by atoms with E-state index in [-0.39, 0.29) is 0 Å². The second-order valence-electron chi connectivity index (χ2n) is 4.75. The van der Waals surface area contributed by atoms with Crippen LogP contribution in [-0.4, -0.2) is 26.9 Å². The van der Waals surface area contributed by atoms with E-state index in [1.807, 2.05) is 6.92 Å². The number of hydrogen-bond acceptors (Lipinski definition) is 3. The number of nitrogens with one attached hydrogen (secondary N) is 1. The molecule has 0 saturated carbocycles. The third kappa shape index (κ3) is 5.64. The number of aryl methyl sites for hydroxylation is 2. The lowest BCUT2D eigenvalue weighted by Crippen LogP contribution is -2.18. The van der Waals surface area contributed by atoms with Crippen LogP contribution in [-0.2, 0) is 11.3 Å². The Labute approximate surface area is 122 Å². The average Bonchev–Trinajstić information content (AvgIpc) is 2.42. The first-order chi connectivity index (χ1) is 9.69. The summed E-state index contributed by atoms with van der Waals surface area (Å²) < 4.78 is 10.8. The molecule has 0 aliphatic heterocycles. The summed E-state index contributed by atoms with van der Waals surface area (Å²) >= 11 is 0. The van der Waals surface area contributed by atoms with Crippen LogP contribution in [0.2, 0.25) is 0 Å². The molecule has 0 aliphatic rings. The van der Waals surface area contributed by atoms with Crippen LogP contribution in [0.15, 0.2) is 12.1 Å². The van der Waals surface area contributed by atoms with Gasteiger partial charge < -0.3 is 14.8 Å². The highest BCUT2D eigenvalue weighted by atomic mass is 16.5. The SMILES string of the molecule is CC#CCCOc1c(C)cc(CNCCOC)cc1C. The highest BCUT2D eigenvalue weighted by Gasteiger charge is 2.06.